The van der Waals surface area contributed by atoms with Crippen LogP contribution in [0, 0.1) is 0 Å². The molecular formula is C21H19BrCl2N2O. The number of rotatable bonds is 1. The lowest BCUT2D eigenvalue weighted by atomic mass is 9.86. The normalized spacial score (nSPS) is 22.9. The molecule has 0 bridgehead atoms. The molecule has 27 heavy (non-hydrogen) atoms. The Labute approximate surface area is 177 Å². The molecule has 2 aromatic carbocycles. The lowest BCUT2D eigenvalue weighted by molar-refractivity contribution is -0.140. The van der Waals surface area contributed by atoms with E-state index in [0.29, 0.717) is 10.0 Å². The van der Waals surface area contributed by atoms with Crippen LogP contribution in [0.5, 0.6) is 5.75 Å². The summed E-state index contributed by atoms with van der Waals surface area (Å²) in [6.07, 6.45) is 6.31. The molecule has 1 unspecified atom stereocenters. The average molecular weight is 466 g/mol. The van der Waals surface area contributed by atoms with E-state index in [4.69, 9.17) is 33.0 Å². The summed E-state index contributed by atoms with van der Waals surface area (Å²) >= 11 is 16.4. The van der Waals surface area contributed by atoms with Crippen molar-refractivity contribution in [2.24, 2.45) is 5.10 Å². The molecule has 1 atom stereocenters. The first-order chi connectivity index (χ1) is 13.1. The molecule has 0 aromatic heterocycles. The number of halogens is 3. The fourth-order valence-electron chi connectivity index (χ4n) is 4.55. The van der Waals surface area contributed by atoms with E-state index in [1.807, 2.05) is 6.07 Å². The van der Waals surface area contributed by atoms with Gasteiger partial charge < -0.3 is 4.74 Å². The maximum Gasteiger partial charge on any atom is 0.198 e. The van der Waals surface area contributed by atoms with Crippen molar-refractivity contribution >= 4 is 44.8 Å². The summed E-state index contributed by atoms with van der Waals surface area (Å²) in [6, 6.07) is 12.2. The Kier molecular flexibility index (Phi) is 4.41. The van der Waals surface area contributed by atoms with E-state index in [2.05, 4.69) is 45.2 Å². The number of hydrazone groups is 1. The fourth-order valence-corrected chi connectivity index (χ4v) is 5.36. The van der Waals surface area contributed by atoms with E-state index in [0.717, 1.165) is 59.2 Å². The molecule has 1 saturated carbocycles. The Bertz CT molecular complexity index is 923. The average Bonchev–Trinajstić information content (AvgIpc) is 3.11. The Morgan fingerprint density at radius 3 is 2.56 bits per heavy atom. The van der Waals surface area contributed by atoms with Gasteiger partial charge in [-0.15, -0.1) is 0 Å². The smallest absolute Gasteiger partial charge is 0.198 e. The highest BCUT2D eigenvalue weighted by Crippen LogP contribution is 2.53. The van der Waals surface area contributed by atoms with Gasteiger partial charge in [0, 0.05) is 34.3 Å². The quantitative estimate of drug-likeness (QED) is 0.454. The van der Waals surface area contributed by atoms with Crippen LogP contribution in [0.1, 0.15) is 55.7 Å². The van der Waals surface area contributed by atoms with Crippen LogP contribution in [0.2, 0.25) is 10.0 Å². The molecule has 0 N–H and O–H groups in total. The minimum atomic E-state index is -0.398. The highest BCUT2D eigenvalue weighted by Gasteiger charge is 2.51. The largest absolute Gasteiger partial charge is 0.465 e. The predicted octanol–water partition coefficient (Wildman–Crippen LogP) is 6.96. The molecule has 3 nitrogen and oxygen atoms in total. The monoisotopic (exact) mass is 464 g/mol. The van der Waals surface area contributed by atoms with E-state index in [9.17, 15) is 0 Å². The minimum Gasteiger partial charge on any atom is -0.465 e. The number of fused-ring (bicyclic) bond motifs is 4. The van der Waals surface area contributed by atoms with Crippen LogP contribution in [0.3, 0.4) is 0 Å². The molecule has 1 fully saturated rings. The number of hydrogen-bond donors (Lipinski definition) is 0. The van der Waals surface area contributed by atoms with Crippen molar-refractivity contribution in [3.8, 4) is 5.75 Å². The first kappa shape index (κ1) is 17.8. The molecule has 140 valence electrons. The number of benzene rings is 2. The van der Waals surface area contributed by atoms with Gasteiger partial charge in [-0.1, -0.05) is 57.7 Å². The molecule has 5 rings (SSSR count). The number of hydrogen-bond acceptors (Lipinski definition) is 3. The van der Waals surface area contributed by atoms with Crippen molar-refractivity contribution in [3.63, 3.8) is 0 Å². The second-order valence-corrected chi connectivity index (χ2v) is 9.29. The number of ether oxygens (including phenoxy) is 1. The minimum absolute atomic E-state index is 0.113. The van der Waals surface area contributed by atoms with Crippen LogP contribution in [0.25, 0.3) is 0 Å². The van der Waals surface area contributed by atoms with Crippen molar-refractivity contribution in [2.75, 3.05) is 0 Å². The van der Waals surface area contributed by atoms with Crippen LogP contribution in [-0.2, 0) is 0 Å². The number of nitrogens with zero attached hydrogens (tertiary/aromatic N) is 2. The summed E-state index contributed by atoms with van der Waals surface area (Å²) in [4.78, 5) is 0. The van der Waals surface area contributed by atoms with E-state index in [1.165, 1.54) is 6.42 Å². The molecule has 2 heterocycles. The van der Waals surface area contributed by atoms with E-state index in [-0.39, 0.29) is 6.04 Å². The standard InChI is InChI=1S/C21H19BrCl2N2O/c22-14-6-4-13(5-7-14)18-12-19-16-10-15(23)11-17(24)20(16)27-21(26(19)25-18)8-2-1-3-9-21/h4-7,10-11,19H,1-3,8-9,12H2. The highest BCUT2D eigenvalue weighted by molar-refractivity contribution is 9.10. The molecule has 2 aromatic rings. The van der Waals surface area contributed by atoms with E-state index < -0.39 is 5.72 Å². The van der Waals surface area contributed by atoms with Crippen LogP contribution in [0.4, 0.5) is 0 Å². The van der Waals surface area contributed by atoms with Crippen LogP contribution < -0.4 is 4.74 Å². The Morgan fingerprint density at radius 2 is 1.81 bits per heavy atom. The Morgan fingerprint density at radius 1 is 1.07 bits per heavy atom. The molecule has 1 spiro atoms. The van der Waals surface area contributed by atoms with Crippen LogP contribution in [0.15, 0.2) is 46.0 Å². The van der Waals surface area contributed by atoms with Crippen molar-refractivity contribution in [2.45, 2.75) is 50.3 Å². The van der Waals surface area contributed by atoms with Crippen molar-refractivity contribution in [1.29, 1.82) is 0 Å². The third-order valence-corrected chi connectivity index (χ3v) is 6.86. The molecule has 0 radical (unpaired) electrons. The maximum absolute atomic E-state index is 6.58. The molecule has 3 aliphatic rings. The zero-order chi connectivity index (χ0) is 18.6. The molecule has 1 aliphatic carbocycles. The van der Waals surface area contributed by atoms with Crippen molar-refractivity contribution in [3.05, 3.63) is 62.0 Å². The summed E-state index contributed by atoms with van der Waals surface area (Å²) in [5.74, 6) is 0.788. The van der Waals surface area contributed by atoms with Gasteiger partial charge in [0.15, 0.2) is 5.72 Å². The topological polar surface area (TPSA) is 24.8 Å². The van der Waals surface area contributed by atoms with Crippen LogP contribution >= 0.6 is 39.1 Å². The fraction of sp³-hybridized carbons (Fsp3) is 0.381. The second-order valence-electron chi connectivity index (χ2n) is 7.53. The van der Waals surface area contributed by atoms with Gasteiger partial charge in [0.2, 0.25) is 0 Å². The molecule has 0 saturated heterocycles. The predicted molar refractivity (Wildman–Crippen MR) is 113 cm³/mol. The zero-order valence-corrected chi connectivity index (χ0v) is 17.8. The van der Waals surface area contributed by atoms with Gasteiger partial charge >= 0.3 is 0 Å². The lowest BCUT2D eigenvalue weighted by Gasteiger charge is -2.49. The van der Waals surface area contributed by atoms with Gasteiger partial charge in [-0.3, -0.25) is 0 Å². The zero-order valence-electron chi connectivity index (χ0n) is 14.7. The van der Waals surface area contributed by atoms with Gasteiger partial charge in [-0.2, -0.15) is 5.10 Å². The van der Waals surface area contributed by atoms with Crippen molar-refractivity contribution < 1.29 is 4.74 Å². The SMILES string of the molecule is Clc1cc(Cl)c2c(c1)C1CC(c3ccc(Br)cc3)=NN1C1(CCCCC1)O2. The van der Waals surface area contributed by atoms with E-state index >= 15 is 0 Å². The van der Waals surface area contributed by atoms with Gasteiger partial charge in [-0.05, 0) is 42.7 Å². The van der Waals surface area contributed by atoms with Gasteiger partial charge in [0.25, 0.3) is 0 Å². The third-order valence-electron chi connectivity index (χ3n) is 5.83. The molecule has 2 aliphatic heterocycles. The summed E-state index contributed by atoms with van der Waals surface area (Å²) in [5, 5.41) is 8.51. The van der Waals surface area contributed by atoms with Gasteiger partial charge in [-0.25, -0.2) is 5.01 Å². The second kappa shape index (κ2) is 6.68. The summed E-state index contributed by atoms with van der Waals surface area (Å²) < 4.78 is 7.65. The maximum atomic E-state index is 6.58. The van der Waals surface area contributed by atoms with Gasteiger partial charge in [0.1, 0.15) is 5.75 Å². The highest BCUT2D eigenvalue weighted by atomic mass is 79.9. The Balaban J connectivity index is 1.62. The summed E-state index contributed by atoms with van der Waals surface area (Å²) in [5.41, 5.74) is 2.88. The van der Waals surface area contributed by atoms with Crippen molar-refractivity contribution in [1.82, 2.24) is 5.01 Å². The first-order valence-electron chi connectivity index (χ1n) is 9.36. The molecular weight excluding hydrogens is 447 g/mol. The third kappa shape index (κ3) is 2.97. The van der Waals surface area contributed by atoms with E-state index in [1.54, 1.807) is 6.07 Å². The summed E-state index contributed by atoms with van der Waals surface area (Å²) in [7, 11) is 0. The summed E-state index contributed by atoms with van der Waals surface area (Å²) in [6.45, 7) is 0. The van der Waals surface area contributed by atoms with Crippen LogP contribution in [-0.4, -0.2) is 16.4 Å². The first-order valence-corrected chi connectivity index (χ1v) is 10.9. The Hall–Kier alpha value is -1.23. The van der Waals surface area contributed by atoms with Gasteiger partial charge in [0.05, 0.1) is 16.8 Å². The molecule has 0 amide bonds. The lowest BCUT2D eigenvalue weighted by Crippen LogP contribution is -2.54. The molecule has 6 heteroatoms.